The molecule has 0 bridgehead atoms. The molecule has 0 aliphatic carbocycles. The summed E-state index contributed by atoms with van der Waals surface area (Å²) >= 11 is 0. The predicted molar refractivity (Wildman–Crippen MR) is 136 cm³/mol. The number of nitrogens with two attached hydrogens (primary N) is 1. The number of anilines is 1. The molecule has 2 atom stereocenters. The van der Waals surface area contributed by atoms with Crippen LogP contribution in [0.25, 0.3) is 11.2 Å². The van der Waals surface area contributed by atoms with E-state index in [0.29, 0.717) is 31.0 Å². The fraction of sp³-hybridized carbons (Fsp3) is 0.440. The molecule has 13 nitrogen and oxygen atoms in total. The minimum atomic E-state index is -1.33. The lowest BCUT2D eigenvalue weighted by Gasteiger charge is -2.33. The maximum absolute atomic E-state index is 13.2. The number of hydrogen-bond acceptors (Lipinski definition) is 8. The minimum Gasteiger partial charge on any atom is -0.491 e. The summed E-state index contributed by atoms with van der Waals surface area (Å²) in [5.74, 6) is 0.495. The molecule has 2 aromatic heterocycles. The normalized spacial score (nSPS) is 17.7. The zero-order chi connectivity index (χ0) is 26.6. The number of aromatic amines is 1. The van der Waals surface area contributed by atoms with Crippen molar-refractivity contribution in [2.24, 2.45) is 5.73 Å². The van der Waals surface area contributed by atoms with Crippen molar-refractivity contribution >= 4 is 34.9 Å². The first-order valence-electron chi connectivity index (χ1n) is 12.6. The maximum atomic E-state index is 13.2. The smallest absolute Gasteiger partial charge is 0.405 e. The highest BCUT2D eigenvalue weighted by atomic mass is 16.5. The van der Waals surface area contributed by atoms with E-state index >= 15 is 0 Å². The van der Waals surface area contributed by atoms with Crippen LogP contribution in [0.15, 0.2) is 30.9 Å². The molecule has 0 saturated carbocycles. The van der Waals surface area contributed by atoms with Gasteiger partial charge in [0.15, 0.2) is 11.5 Å². The summed E-state index contributed by atoms with van der Waals surface area (Å²) in [6, 6.07) is 4.90. The summed E-state index contributed by atoms with van der Waals surface area (Å²) in [4.78, 5) is 55.6. The van der Waals surface area contributed by atoms with Crippen LogP contribution in [-0.4, -0.2) is 79.6 Å². The van der Waals surface area contributed by atoms with Gasteiger partial charge in [-0.25, -0.2) is 19.7 Å². The average Bonchev–Trinajstić information content (AvgIpc) is 3.58. The fourth-order valence-electron chi connectivity index (χ4n) is 5.22. The molecule has 2 aliphatic heterocycles. The van der Waals surface area contributed by atoms with Crippen LogP contribution in [0.3, 0.4) is 0 Å². The number of ether oxygens (including phenoxy) is 1. The van der Waals surface area contributed by atoms with Gasteiger partial charge in [-0.2, -0.15) is 0 Å². The molecule has 3 amide bonds. The quantitative estimate of drug-likeness (QED) is 0.321. The zero-order valence-corrected chi connectivity index (χ0v) is 20.8. The average molecular weight is 523 g/mol. The number of benzene rings is 1. The lowest BCUT2D eigenvalue weighted by atomic mass is 9.97. The number of hydrogen-bond donors (Lipinski definition) is 4. The van der Waals surface area contributed by atoms with Gasteiger partial charge >= 0.3 is 6.09 Å². The van der Waals surface area contributed by atoms with Crippen molar-refractivity contribution in [2.75, 3.05) is 24.6 Å². The van der Waals surface area contributed by atoms with Crippen LogP contribution in [0, 0.1) is 0 Å². The molecule has 1 fully saturated rings. The third kappa shape index (κ3) is 5.31. The van der Waals surface area contributed by atoms with Gasteiger partial charge in [-0.3, -0.25) is 9.59 Å². The highest BCUT2D eigenvalue weighted by Crippen LogP contribution is 2.31. The topological polar surface area (TPSA) is 180 Å². The Bertz CT molecular complexity index is 1340. The number of nitrogens with one attached hydrogen (secondary N) is 2. The fourth-order valence-corrected chi connectivity index (χ4v) is 5.22. The van der Waals surface area contributed by atoms with Crippen molar-refractivity contribution in [3.63, 3.8) is 0 Å². The lowest BCUT2D eigenvalue weighted by Crippen LogP contribution is -2.49. The lowest BCUT2D eigenvalue weighted by molar-refractivity contribution is -0.134. The van der Waals surface area contributed by atoms with Crippen LogP contribution >= 0.6 is 0 Å². The molecule has 3 aromatic rings. The van der Waals surface area contributed by atoms with E-state index in [1.54, 1.807) is 11.2 Å². The van der Waals surface area contributed by atoms with E-state index in [9.17, 15) is 19.5 Å². The molecule has 0 unspecified atom stereocenters. The number of nitrogens with zero attached hydrogens (tertiary/aromatic N) is 5. The molecule has 2 aliphatic rings. The third-order valence-corrected chi connectivity index (χ3v) is 7.10. The standard InChI is InChI=1S/C25H30N8O5/c26-20(34)7-6-18(31-25(36)37)24(35)32-10-8-15-3-1-5-19(17(15)11-32)38-12-16-4-2-9-33(16)23-21-22(28-13-27-21)29-14-30-23/h1,3,5,13-14,16,18,31H,2,4,6-12H2,(H2,26,34)(H,36,37)(H,27,28,29,30)/t16-,18+/m1/s1. The molecular formula is C25H30N8O5. The van der Waals surface area contributed by atoms with Gasteiger partial charge in [-0.15, -0.1) is 0 Å². The van der Waals surface area contributed by atoms with E-state index < -0.39 is 18.0 Å². The molecule has 5 rings (SSSR count). The molecule has 200 valence electrons. The molecule has 13 heteroatoms. The maximum Gasteiger partial charge on any atom is 0.405 e. The van der Waals surface area contributed by atoms with E-state index in [-0.39, 0.29) is 31.3 Å². The van der Waals surface area contributed by atoms with Gasteiger partial charge < -0.3 is 35.7 Å². The van der Waals surface area contributed by atoms with Crippen molar-refractivity contribution in [1.82, 2.24) is 30.2 Å². The number of carboxylic acid groups (broad SMARTS) is 1. The summed E-state index contributed by atoms with van der Waals surface area (Å²) in [6.07, 6.45) is 4.28. The van der Waals surface area contributed by atoms with Crippen LogP contribution in [0.2, 0.25) is 0 Å². The summed E-state index contributed by atoms with van der Waals surface area (Å²) in [6.45, 7) is 1.99. The molecule has 5 N–H and O–H groups in total. The van der Waals surface area contributed by atoms with E-state index in [2.05, 4.69) is 30.2 Å². The number of imidazole rings is 1. The summed E-state index contributed by atoms with van der Waals surface area (Å²) in [5.41, 5.74) is 8.62. The van der Waals surface area contributed by atoms with Crippen LogP contribution < -0.4 is 20.7 Å². The summed E-state index contributed by atoms with van der Waals surface area (Å²) in [7, 11) is 0. The Morgan fingerprint density at radius 2 is 2.11 bits per heavy atom. The van der Waals surface area contributed by atoms with Crippen molar-refractivity contribution in [3.8, 4) is 5.75 Å². The van der Waals surface area contributed by atoms with Gasteiger partial charge in [0.25, 0.3) is 0 Å². The first-order chi connectivity index (χ1) is 18.4. The van der Waals surface area contributed by atoms with Crippen LogP contribution in [-0.2, 0) is 22.6 Å². The first-order valence-corrected chi connectivity index (χ1v) is 12.6. The molecule has 4 heterocycles. The summed E-state index contributed by atoms with van der Waals surface area (Å²) < 4.78 is 6.34. The highest BCUT2D eigenvalue weighted by molar-refractivity contribution is 5.86. The Morgan fingerprint density at radius 1 is 1.24 bits per heavy atom. The second kappa shape index (κ2) is 10.9. The first kappa shape index (κ1) is 25.2. The number of amides is 3. The Balaban J connectivity index is 1.29. The second-order valence-electron chi connectivity index (χ2n) is 9.51. The molecule has 1 saturated heterocycles. The van der Waals surface area contributed by atoms with Gasteiger partial charge in [0.2, 0.25) is 11.8 Å². The van der Waals surface area contributed by atoms with E-state index in [1.807, 2.05) is 18.2 Å². The molecule has 38 heavy (non-hydrogen) atoms. The van der Waals surface area contributed by atoms with E-state index in [0.717, 1.165) is 41.8 Å². The van der Waals surface area contributed by atoms with E-state index in [1.165, 1.54) is 6.33 Å². The van der Waals surface area contributed by atoms with Crippen molar-refractivity contribution in [3.05, 3.63) is 42.0 Å². The number of carbonyl (C=O) groups excluding carboxylic acids is 2. The predicted octanol–water partition coefficient (Wildman–Crippen LogP) is 1.19. The molecule has 0 spiro atoms. The number of rotatable bonds is 9. The van der Waals surface area contributed by atoms with Crippen LogP contribution in [0.5, 0.6) is 5.75 Å². The Kier molecular flexibility index (Phi) is 7.24. The number of carbonyl (C=O) groups is 3. The number of aromatic nitrogens is 4. The van der Waals surface area contributed by atoms with Crippen molar-refractivity contribution in [2.45, 2.75) is 50.7 Å². The van der Waals surface area contributed by atoms with Gasteiger partial charge in [0.05, 0.1) is 12.4 Å². The van der Waals surface area contributed by atoms with Crippen LogP contribution in [0.4, 0.5) is 10.6 Å². The van der Waals surface area contributed by atoms with Crippen LogP contribution in [0.1, 0.15) is 36.8 Å². The summed E-state index contributed by atoms with van der Waals surface area (Å²) in [5, 5.41) is 11.4. The number of fused-ring (bicyclic) bond motifs is 2. The van der Waals surface area contributed by atoms with E-state index in [4.69, 9.17) is 10.5 Å². The molecular weight excluding hydrogens is 492 g/mol. The number of H-pyrrole nitrogens is 1. The van der Waals surface area contributed by atoms with Gasteiger partial charge in [-0.1, -0.05) is 12.1 Å². The number of primary amides is 1. The molecule has 0 radical (unpaired) electrons. The second-order valence-corrected chi connectivity index (χ2v) is 9.51. The SMILES string of the molecule is NC(=O)CC[C@H](NC(=O)O)C(=O)N1CCc2cccc(OC[C@H]3CCCN3c3ncnc4[nH]cnc34)c2C1. The van der Waals surface area contributed by atoms with Gasteiger partial charge in [0, 0.05) is 31.6 Å². The van der Waals surface area contributed by atoms with Gasteiger partial charge in [0.1, 0.15) is 30.2 Å². The Labute approximate surface area is 218 Å². The molecule has 1 aromatic carbocycles. The zero-order valence-electron chi connectivity index (χ0n) is 20.8. The Morgan fingerprint density at radius 3 is 2.92 bits per heavy atom. The third-order valence-electron chi connectivity index (χ3n) is 7.10. The van der Waals surface area contributed by atoms with Crippen molar-refractivity contribution < 1.29 is 24.2 Å². The monoisotopic (exact) mass is 522 g/mol. The van der Waals surface area contributed by atoms with Gasteiger partial charge in [-0.05, 0) is 37.3 Å². The largest absolute Gasteiger partial charge is 0.491 e. The Hall–Kier alpha value is -4.42. The van der Waals surface area contributed by atoms with Crippen molar-refractivity contribution in [1.29, 1.82) is 0 Å². The highest BCUT2D eigenvalue weighted by Gasteiger charge is 2.31. The minimum absolute atomic E-state index is 0.00575.